The van der Waals surface area contributed by atoms with Crippen molar-refractivity contribution >= 4 is 11.6 Å². The first-order chi connectivity index (χ1) is 15.3. The van der Waals surface area contributed by atoms with E-state index in [4.69, 9.17) is 16.3 Å². The van der Waals surface area contributed by atoms with Gasteiger partial charge in [-0.1, -0.05) is 29.8 Å². The van der Waals surface area contributed by atoms with Gasteiger partial charge in [-0.15, -0.1) is 0 Å². The molecular formula is C22H19ClF3N3O3. The quantitative estimate of drug-likeness (QED) is 0.569. The molecule has 0 radical (unpaired) electrons. The number of aromatic nitrogens is 3. The first kappa shape index (κ1) is 22.3. The lowest BCUT2D eigenvalue weighted by molar-refractivity contribution is -0.138. The molecule has 1 saturated heterocycles. The Hall–Kier alpha value is -2.91. The van der Waals surface area contributed by atoms with Gasteiger partial charge in [0.2, 0.25) is 0 Å². The van der Waals surface area contributed by atoms with Crippen LogP contribution in [-0.2, 0) is 17.5 Å². The van der Waals surface area contributed by atoms with Gasteiger partial charge in [0.15, 0.2) is 6.23 Å². The van der Waals surface area contributed by atoms with Gasteiger partial charge < -0.3 is 9.30 Å². The molecule has 2 aromatic heterocycles. The smallest absolute Gasteiger partial charge is 0.356 e. The van der Waals surface area contributed by atoms with Crippen molar-refractivity contribution in [3.8, 4) is 11.1 Å². The van der Waals surface area contributed by atoms with Gasteiger partial charge in [0.25, 0.3) is 11.1 Å². The Balaban J connectivity index is 1.64. The molecule has 1 aliphatic heterocycles. The summed E-state index contributed by atoms with van der Waals surface area (Å²) in [6, 6.07) is 7.83. The molecule has 1 atom stereocenters. The third-order valence-electron chi connectivity index (χ3n) is 5.34. The molecule has 4 rings (SSSR count). The summed E-state index contributed by atoms with van der Waals surface area (Å²) in [7, 11) is 0. The summed E-state index contributed by atoms with van der Waals surface area (Å²) < 4.78 is 47.6. The molecule has 32 heavy (non-hydrogen) atoms. The van der Waals surface area contributed by atoms with Gasteiger partial charge >= 0.3 is 6.18 Å². The molecule has 10 heteroatoms. The van der Waals surface area contributed by atoms with Gasteiger partial charge in [-0.2, -0.15) is 23.0 Å². The Labute approximate surface area is 185 Å². The van der Waals surface area contributed by atoms with Gasteiger partial charge in [0.1, 0.15) is 5.02 Å². The summed E-state index contributed by atoms with van der Waals surface area (Å²) in [6.07, 6.45) is 0.235. The van der Waals surface area contributed by atoms with Crippen LogP contribution in [0.2, 0.25) is 5.02 Å². The molecule has 1 unspecified atom stereocenters. The van der Waals surface area contributed by atoms with Gasteiger partial charge in [-0.25, -0.2) is 0 Å². The number of alkyl halides is 3. The summed E-state index contributed by atoms with van der Waals surface area (Å²) in [4.78, 5) is 25.3. The molecular weight excluding hydrogens is 447 g/mol. The highest BCUT2D eigenvalue weighted by molar-refractivity contribution is 6.33. The molecule has 0 spiro atoms. The normalized spacial score (nSPS) is 16.8. The zero-order valence-electron chi connectivity index (χ0n) is 16.8. The number of rotatable bonds is 4. The SMILES string of the molecule is O=c1cc(-c2cnn(C3CCCCO3)c(=O)c2Cl)ccn1Cc1ccccc1C(F)(F)F. The van der Waals surface area contributed by atoms with Crippen LogP contribution in [0.25, 0.3) is 11.1 Å². The maximum Gasteiger partial charge on any atom is 0.416 e. The fourth-order valence-corrected chi connectivity index (χ4v) is 3.94. The minimum Gasteiger partial charge on any atom is -0.356 e. The van der Waals surface area contributed by atoms with Crippen molar-refractivity contribution in [2.75, 3.05) is 6.61 Å². The van der Waals surface area contributed by atoms with Crippen LogP contribution in [0.4, 0.5) is 13.2 Å². The summed E-state index contributed by atoms with van der Waals surface area (Å²) in [5.74, 6) is 0. The zero-order chi connectivity index (χ0) is 22.9. The van der Waals surface area contributed by atoms with Crippen LogP contribution in [-0.4, -0.2) is 21.0 Å². The van der Waals surface area contributed by atoms with Crippen LogP contribution in [0, 0.1) is 0 Å². The van der Waals surface area contributed by atoms with Crippen LogP contribution in [0.15, 0.2) is 58.4 Å². The topological polar surface area (TPSA) is 66.1 Å². The number of nitrogens with zero attached hydrogens (tertiary/aromatic N) is 3. The molecule has 1 aliphatic rings. The number of pyridine rings is 1. The fourth-order valence-electron chi connectivity index (χ4n) is 3.69. The number of benzene rings is 1. The molecule has 0 N–H and O–H groups in total. The lowest BCUT2D eigenvalue weighted by atomic mass is 10.1. The summed E-state index contributed by atoms with van der Waals surface area (Å²) in [5.41, 5.74) is -1.26. The number of hydrogen-bond acceptors (Lipinski definition) is 4. The molecule has 0 aliphatic carbocycles. The van der Waals surface area contributed by atoms with Crippen molar-refractivity contribution in [1.82, 2.24) is 14.3 Å². The van der Waals surface area contributed by atoms with Crippen molar-refractivity contribution in [3.05, 3.63) is 85.6 Å². The summed E-state index contributed by atoms with van der Waals surface area (Å²) in [6.45, 7) is 0.287. The molecule has 0 bridgehead atoms. The van der Waals surface area contributed by atoms with E-state index in [0.717, 1.165) is 23.5 Å². The highest BCUT2D eigenvalue weighted by Gasteiger charge is 2.33. The third kappa shape index (κ3) is 4.49. The van der Waals surface area contributed by atoms with E-state index in [2.05, 4.69) is 5.10 Å². The van der Waals surface area contributed by atoms with E-state index in [1.165, 1.54) is 47.4 Å². The van der Waals surface area contributed by atoms with Gasteiger partial charge in [-0.3, -0.25) is 9.59 Å². The van der Waals surface area contributed by atoms with Gasteiger partial charge in [0, 0.05) is 24.4 Å². The van der Waals surface area contributed by atoms with E-state index in [0.29, 0.717) is 18.6 Å². The molecule has 1 aromatic carbocycles. The molecule has 1 fully saturated rings. The Morgan fingerprint density at radius 2 is 1.94 bits per heavy atom. The van der Waals surface area contributed by atoms with Crippen molar-refractivity contribution in [1.29, 1.82) is 0 Å². The lowest BCUT2D eigenvalue weighted by Gasteiger charge is -2.23. The summed E-state index contributed by atoms with van der Waals surface area (Å²) >= 11 is 6.28. The van der Waals surface area contributed by atoms with E-state index in [-0.39, 0.29) is 22.7 Å². The monoisotopic (exact) mass is 465 g/mol. The second-order valence-corrected chi connectivity index (χ2v) is 7.86. The largest absolute Gasteiger partial charge is 0.416 e. The first-order valence-electron chi connectivity index (χ1n) is 10.0. The first-order valence-corrected chi connectivity index (χ1v) is 10.4. The minimum atomic E-state index is -4.52. The van der Waals surface area contributed by atoms with E-state index < -0.39 is 29.1 Å². The minimum absolute atomic E-state index is 0.0235. The second kappa shape index (κ2) is 8.91. The molecule has 3 aromatic rings. The maximum absolute atomic E-state index is 13.2. The second-order valence-electron chi connectivity index (χ2n) is 7.48. The van der Waals surface area contributed by atoms with Crippen LogP contribution in [0.1, 0.15) is 36.6 Å². The fraction of sp³-hybridized carbons (Fsp3) is 0.318. The van der Waals surface area contributed by atoms with Crippen LogP contribution in [0.5, 0.6) is 0 Å². The molecule has 168 valence electrons. The van der Waals surface area contributed by atoms with Gasteiger partial charge in [0.05, 0.1) is 18.3 Å². The average molecular weight is 466 g/mol. The Morgan fingerprint density at radius 1 is 1.16 bits per heavy atom. The standard InChI is InChI=1S/C22H19ClF3N3O3/c23-20-16(12-27-29(21(20)31)19-7-3-4-10-32-19)14-8-9-28(18(30)11-14)13-15-5-1-2-6-17(15)22(24,25)26/h1-2,5-6,8-9,11-12,19H,3-4,7,10,13H2. The van der Waals surface area contributed by atoms with Gasteiger partial charge in [-0.05, 0) is 42.5 Å². The maximum atomic E-state index is 13.2. The molecule has 0 amide bonds. The van der Waals surface area contributed by atoms with Crippen molar-refractivity contribution in [2.45, 2.75) is 38.2 Å². The zero-order valence-corrected chi connectivity index (χ0v) is 17.6. The number of hydrogen-bond donors (Lipinski definition) is 0. The van der Waals surface area contributed by atoms with Crippen LogP contribution < -0.4 is 11.1 Å². The van der Waals surface area contributed by atoms with Crippen LogP contribution in [0.3, 0.4) is 0 Å². The predicted molar refractivity (Wildman–Crippen MR) is 113 cm³/mol. The Bertz CT molecular complexity index is 1250. The summed E-state index contributed by atoms with van der Waals surface area (Å²) in [5, 5.41) is 4.06. The van der Waals surface area contributed by atoms with E-state index in [1.54, 1.807) is 0 Å². The number of ether oxygens (including phenoxy) is 1. The highest BCUT2D eigenvalue weighted by Crippen LogP contribution is 2.32. The Kier molecular flexibility index (Phi) is 6.21. The van der Waals surface area contributed by atoms with Crippen molar-refractivity contribution in [2.24, 2.45) is 0 Å². The molecule has 6 nitrogen and oxygen atoms in total. The molecule has 0 saturated carbocycles. The van der Waals surface area contributed by atoms with E-state index in [1.807, 2.05) is 0 Å². The Morgan fingerprint density at radius 3 is 2.62 bits per heavy atom. The van der Waals surface area contributed by atoms with Crippen molar-refractivity contribution < 1.29 is 17.9 Å². The average Bonchev–Trinajstić information content (AvgIpc) is 2.77. The third-order valence-corrected chi connectivity index (χ3v) is 5.71. The van der Waals surface area contributed by atoms with E-state index in [9.17, 15) is 22.8 Å². The van der Waals surface area contributed by atoms with Crippen LogP contribution >= 0.6 is 11.6 Å². The lowest BCUT2D eigenvalue weighted by Crippen LogP contribution is -2.31. The van der Waals surface area contributed by atoms with E-state index >= 15 is 0 Å². The van der Waals surface area contributed by atoms with Crippen molar-refractivity contribution in [3.63, 3.8) is 0 Å². The predicted octanol–water partition coefficient (Wildman–Crippen LogP) is 4.49. The molecule has 3 heterocycles. The highest BCUT2D eigenvalue weighted by atomic mass is 35.5. The number of halogens is 4.